The van der Waals surface area contributed by atoms with E-state index in [0.29, 0.717) is 12.8 Å². The van der Waals surface area contributed by atoms with E-state index in [1.165, 1.54) is 0 Å². The van der Waals surface area contributed by atoms with Crippen molar-refractivity contribution in [1.82, 2.24) is 10.3 Å². The van der Waals surface area contributed by atoms with Gasteiger partial charge in [0.15, 0.2) is 0 Å². The van der Waals surface area contributed by atoms with E-state index in [1.54, 1.807) is 24.5 Å². The summed E-state index contributed by atoms with van der Waals surface area (Å²) in [7, 11) is 0. The maximum absolute atomic E-state index is 11.6. The molecule has 0 aliphatic rings. The van der Waals surface area contributed by atoms with Crippen LogP contribution in [-0.2, 0) is 16.0 Å². The van der Waals surface area contributed by atoms with E-state index in [-0.39, 0.29) is 12.3 Å². The Kier molecular flexibility index (Phi) is 5.13. The predicted molar refractivity (Wildman–Crippen MR) is 62.4 cm³/mol. The maximum atomic E-state index is 11.6. The Hall–Kier alpha value is -1.91. The van der Waals surface area contributed by atoms with Gasteiger partial charge in [0, 0.05) is 12.4 Å². The SMILES string of the molecule is CCC[C@H](NC(=O)Cc1cccnc1)C(=O)O. The average molecular weight is 236 g/mol. The zero-order valence-corrected chi connectivity index (χ0v) is 9.72. The van der Waals surface area contributed by atoms with Crippen molar-refractivity contribution < 1.29 is 14.7 Å². The highest BCUT2D eigenvalue weighted by Gasteiger charge is 2.18. The number of carboxylic acid groups (broad SMARTS) is 1. The molecule has 2 N–H and O–H groups in total. The number of rotatable bonds is 6. The molecule has 1 amide bonds. The molecule has 17 heavy (non-hydrogen) atoms. The Labute approximate surface area is 99.9 Å². The number of hydrogen-bond acceptors (Lipinski definition) is 3. The van der Waals surface area contributed by atoms with Gasteiger partial charge in [-0.15, -0.1) is 0 Å². The molecule has 92 valence electrons. The van der Waals surface area contributed by atoms with E-state index in [1.807, 2.05) is 6.92 Å². The van der Waals surface area contributed by atoms with Gasteiger partial charge in [-0.1, -0.05) is 19.4 Å². The minimum absolute atomic E-state index is 0.154. The van der Waals surface area contributed by atoms with Crippen molar-refractivity contribution in [2.45, 2.75) is 32.2 Å². The first-order chi connectivity index (χ1) is 8.13. The molecule has 1 aromatic rings. The van der Waals surface area contributed by atoms with Crippen LogP contribution < -0.4 is 5.32 Å². The van der Waals surface area contributed by atoms with Crippen molar-refractivity contribution in [2.24, 2.45) is 0 Å². The Balaban J connectivity index is 2.51. The first-order valence-corrected chi connectivity index (χ1v) is 5.54. The van der Waals surface area contributed by atoms with Gasteiger partial charge >= 0.3 is 5.97 Å². The number of nitrogens with one attached hydrogen (secondary N) is 1. The van der Waals surface area contributed by atoms with Crippen molar-refractivity contribution in [1.29, 1.82) is 0 Å². The molecule has 5 nitrogen and oxygen atoms in total. The summed E-state index contributed by atoms with van der Waals surface area (Å²) in [6, 6.07) is 2.72. The van der Waals surface area contributed by atoms with E-state index < -0.39 is 12.0 Å². The molecule has 1 aromatic heterocycles. The van der Waals surface area contributed by atoms with Crippen LogP contribution in [0.25, 0.3) is 0 Å². The molecule has 5 heteroatoms. The van der Waals surface area contributed by atoms with E-state index in [9.17, 15) is 9.59 Å². The van der Waals surface area contributed by atoms with E-state index in [4.69, 9.17) is 5.11 Å². The molecule has 0 saturated carbocycles. The van der Waals surface area contributed by atoms with Crippen LogP contribution in [0, 0.1) is 0 Å². The van der Waals surface area contributed by atoms with Crippen LogP contribution >= 0.6 is 0 Å². The molecule has 0 unspecified atom stereocenters. The molecule has 0 aliphatic heterocycles. The van der Waals surface area contributed by atoms with Gasteiger partial charge in [0.1, 0.15) is 6.04 Å². The molecule has 0 bridgehead atoms. The number of carbonyl (C=O) groups is 2. The number of carboxylic acids is 1. The van der Waals surface area contributed by atoms with Gasteiger partial charge < -0.3 is 10.4 Å². The van der Waals surface area contributed by atoms with Crippen LogP contribution in [0.5, 0.6) is 0 Å². The molecule has 0 radical (unpaired) electrons. The van der Waals surface area contributed by atoms with Crippen molar-refractivity contribution in [3.63, 3.8) is 0 Å². The fourth-order valence-electron chi connectivity index (χ4n) is 1.48. The smallest absolute Gasteiger partial charge is 0.326 e. The lowest BCUT2D eigenvalue weighted by Crippen LogP contribution is -2.41. The van der Waals surface area contributed by atoms with Crippen LogP contribution in [0.1, 0.15) is 25.3 Å². The molecule has 1 atom stereocenters. The quantitative estimate of drug-likeness (QED) is 0.772. The van der Waals surface area contributed by atoms with Gasteiger partial charge in [0.2, 0.25) is 5.91 Å². The number of amides is 1. The third kappa shape index (κ3) is 4.63. The Morgan fingerprint density at radius 3 is 2.82 bits per heavy atom. The van der Waals surface area contributed by atoms with E-state index in [0.717, 1.165) is 5.56 Å². The van der Waals surface area contributed by atoms with Gasteiger partial charge in [-0.25, -0.2) is 4.79 Å². The first-order valence-electron chi connectivity index (χ1n) is 5.54. The largest absolute Gasteiger partial charge is 0.480 e. The summed E-state index contributed by atoms with van der Waals surface area (Å²) < 4.78 is 0. The lowest BCUT2D eigenvalue weighted by atomic mass is 10.1. The monoisotopic (exact) mass is 236 g/mol. The molecule has 0 spiro atoms. The number of carbonyl (C=O) groups excluding carboxylic acids is 1. The molecule has 1 rings (SSSR count). The van der Waals surface area contributed by atoms with Crippen LogP contribution in [0.2, 0.25) is 0 Å². The number of pyridine rings is 1. The minimum atomic E-state index is -0.994. The topological polar surface area (TPSA) is 79.3 Å². The number of aromatic nitrogens is 1. The minimum Gasteiger partial charge on any atom is -0.480 e. The molecule has 0 aliphatic carbocycles. The molecule has 0 saturated heterocycles. The predicted octanol–water partition coefficient (Wildman–Crippen LogP) is 0.994. The van der Waals surface area contributed by atoms with Crippen LogP contribution in [0.15, 0.2) is 24.5 Å². The van der Waals surface area contributed by atoms with E-state index in [2.05, 4.69) is 10.3 Å². The third-order valence-corrected chi connectivity index (χ3v) is 2.30. The Morgan fingerprint density at radius 2 is 2.29 bits per heavy atom. The fraction of sp³-hybridized carbons (Fsp3) is 0.417. The molecular formula is C12H16N2O3. The highest BCUT2D eigenvalue weighted by atomic mass is 16.4. The second-order valence-electron chi connectivity index (χ2n) is 3.79. The number of hydrogen-bond donors (Lipinski definition) is 2. The lowest BCUT2D eigenvalue weighted by molar-refractivity contribution is -0.141. The summed E-state index contributed by atoms with van der Waals surface area (Å²) in [5, 5.41) is 11.4. The van der Waals surface area contributed by atoms with Gasteiger partial charge in [-0.3, -0.25) is 9.78 Å². The number of nitrogens with zero attached hydrogens (tertiary/aromatic N) is 1. The standard InChI is InChI=1S/C12H16N2O3/c1-2-4-10(12(16)17)14-11(15)7-9-5-3-6-13-8-9/h3,5-6,8,10H,2,4,7H2,1H3,(H,14,15)(H,16,17)/t10-/m0/s1. The second-order valence-corrected chi connectivity index (χ2v) is 3.79. The molecule has 1 heterocycles. The normalized spacial score (nSPS) is 11.8. The number of aliphatic carboxylic acids is 1. The zero-order valence-electron chi connectivity index (χ0n) is 9.72. The van der Waals surface area contributed by atoms with Crippen LogP contribution in [-0.4, -0.2) is 28.0 Å². The van der Waals surface area contributed by atoms with E-state index >= 15 is 0 Å². The van der Waals surface area contributed by atoms with Crippen molar-refractivity contribution in [3.05, 3.63) is 30.1 Å². The summed E-state index contributed by atoms with van der Waals surface area (Å²) >= 11 is 0. The van der Waals surface area contributed by atoms with Crippen molar-refractivity contribution >= 4 is 11.9 Å². The fourth-order valence-corrected chi connectivity index (χ4v) is 1.48. The van der Waals surface area contributed by atoms with Crippen molar-refractivity contribution in [2.75, 3.05) is 0 Å². The van der Waals surface area contributed by atoms with Gasteiger partial charge in [0.05, 0.1) is 6.42 Å². The molecule has 0 fully saturated rings. The first kappa shape index (κ1) is 13.2. The van der Waals surface area contributed by atoms with Crippen LogP contribution in [0.3, 0.4) is 0 Å². The second kappa shape index (κ2) is 6.62. The van der Waals surface area contributed by atoms with Gasteiger partial charge in [-0.05, 0) is 18.1 Å². The summed E-state index contributed by atoms with van der Waals surface area (Å²) in [6.45, 7) is 1.88. The maximum Gasteiger partial charge on any atom is 0.326 e. The van der Waals surface area contributed by atoms with Crippen molar-refractivity contribution in [3.8, 4) is 0 Å². The van der Waals surface area contributed by atoms with Gasteiger partial charge in [-0.2, -0.15) is 0 Å². The highest BCUT2D eigenvalue weighted by Crippen LogP contribution is 2.00. The summed E-state index contributed by atoms with van der Waals surface area (Å²) in [6.07, 6.45) is 4.52. The Morgan fingerprint density at radius 1 is 1.53 bits per heavy atom. The average Bonchev–Trinajstić information content (AvgIpc) is 2.29. The lowest BCUT2D eigenvalue weighted by Gasteiger charge is -2.13. The highest BCUT2D eigenvalue weighted by molar-refractivity contribution is 5.84. The summed E-state index contributed by atoms with van der Waals surface area (Å²) in [4.78, 5) is 26.3. The summed E-state index contributed by atoms with van der Waals surface area (Å²) in [5.41, 5.74) is 0.769. The molecule has 0 aromatic carbocycles. The zero-order chi connectivity index (χ0) is 12.7. The molecular weight excluding hydrogens is 220 g/mol. The van der Waals surface area contributed by atoms with Crippen LogP contribution in [0.4, 0.5) is 0 Å². The third-order valence-electron chi connectivity index (χ3n) is 2.30. The summed E-state index contributed by atoms with van der Waals surface area (Å²) in [5.74, 6) is -1.29. The Bertz CT molecular complexity index is 379. The van der Waals surface area contributed by atoms with Gasteiger partial charge in [0.25, 0.3) is 0 Å².